The molecule has 0 aliphatic carbocycles. The molecule has 2 amide bonds. The molecule has 3 heterocycles. The molecule has 2 N–H and O–H groups in total. The number of rotatable bonds is 7. The summed E-state index contributed by atoms with van der Waals surface area (Å²) in [6, 6.07) is 7.34. The summed E-state index contributed by atoms with van der Waals surface area (Å²) in [6.45, 7) is 6.30. The molecule has 4 rings (SSSR count). The standard InChI is InChI=1S/C27H23ClF7IN8O2/c1-13-8-14(36)9-16(22(45)40-24(2,3)4)20(13)39-23(46)18-10-15(41-44(18)21-17(28)6-5-7-37-21)12-43-38-11-19(42-43)25(29,26(30,31)32)27(33,34)35/h5-11H,12H2,1-4H3,(H,39,46)(H,40,45). The van der Waals surface area contributed by atoms with Gasteiger partial charge < -0.3 is 10.6 Å². The first-order valence-electron chi connectivity index (χ1n) is 13.0. The van der Waals surface area contributed by atoms with Crippen LogP contribution in [-0.4, -0.2) is 59.5 Å². The van der Waals surface area contributed by atoms with Gasteiger partial charge in [0, 0.05) is 15.3 Å². The summed E-state index contributed by atoms with van der Waals surface area (Å²) in [7, 11) is 0. The minimum atomic E-state index is -6.38. The summed E-state index contributed by atoms with van der Waals surface area (Å²) in [5.74, 6) is -1.37. The van der Waals surface area contributed by atoms with Gasteiger partial charge >= 0.3 is 18.0 Å². The molecular formula is C27H23ClF7IN8O2. The van der Waals surface area contributed by atoms with Gasteiger partial charge in [0.2, 0.25) is 0 Å². The summed E-state index contributed by atoms with van der Waals surface area (Å²) < 4.78 is 95.4. The molecular weight excluding hydrogens is 764 g/mol. The van der Waals surface area contributed by atoms with Crippen molar-refractivity contribution in [3.05, 3.63) is 79.5 Å². The Bertz CT molecular complexity index is 1780. The molecule has 46 heavy (non-hydrogen) atoms. The number of nitrogens with one attached hydrogen (secondary N) is 2. The number of carbonyl (C=O) groups excluding carboxylic acids is 2. The van der Waals surface area contributed by atoms with E-state index in [1.165, 1.54) is 18.3 Å². The lowest BCUT2D eigenvalue weighted by atomic mass is 10.0. The highest BCUT2D eigenvalue weighted by molar-refractivity contribution is 14.1. The Labute approximate surface area is 274 Å². The summed E-state index contributed by atoms with van der Waals surface area (Å²) in [5, 5.41) is 16.2. The number of benzene rings is 1. The second-order valence-electron chi connectivity index (χ2n) is 11.0. The zero-order valence-corrected chi connectivity index (χ0v) is 27.1. The van der Waals surface area contributed by atoms with Gasteiger partial charge in [-0.3, -0.25) is 9.59 Å². The maximum atomic E-state index is 14.5. The minimum absolute atomic E-state index is 0.00489. The second-order valence-corrected chi connectivity index (χ2v) is 12.6. The summed E-state index contributed by atoms with van der Waals surface area (Å²) in [5.41, 5.74) is -7.99. The van der Waals surface area contributed by atoms with Crippen LogP contribution < -0.4 is 10.6 Å². The predicted octanol–water partition coefficient (Wildman–Crippen LogP) is 6.54. The van der Waals surface area contributed by atoms with Crippen LogP contribution in [-0.2, 0) is 12.2 Å². The van der Waals surface area contributed by atoms with Crippen LogP contribution in [0.2, 0.25) is 5.02 Å². The van der Waals surface area contributed by atoms with E-state index in [1.807, 2.05) is 22.6 Å². The van der Waals surface area contributed by atoms with E-state index in [0.717, 1.165) is 10.7 Å². The van der Waals surface area contributed by atoms with E-state index in [-0.39, 0.29) is 39.7 Å². The van der Waals surface area contributed by atoms with Gasteiger partial charge in [0.05, 0.1) is 28.2 Å². The molecule has 0 radical (unpaired) electrons. The number of nitrogens with zero attached hydrogens (tertiary/aromatic N) is 6. The Morgan fingerprint density at radius 2 is 1.63 bits per heavy atom. The third-order valence-corrected chi connectivity index (χ3v) is 7.10. The normalized spacial score (nSPS) is 12.7. The highest BCUT2D eigenvalue weighted by Crippen LogP contribution is 2.52. The third kappa shape index (κ3) is 7.11. The first-order chi connectivity index (χ1) is 21.1. The van der Waals surface area contributed by atoms with Crippen molar-refractivity contribution in [1.29, 1.82) is 0 Å². The Morgan fingerprint density at radius 1 is 0.978 bits per heavy atom. The SMILES string of the molecule is Cc1cc(I)cc(C(=O)NC(C)(C)C)c1NC(=O)c1cc(Cn2ncc(C(F)(C(F)(F)F)C(F)(F)F)n2)nn1-c1ncccc1Cl. The van der Waals surface area contributed by atoms with Crippen LogP contribution in [0.15, 0.2) is 42.7 Å². The second kappa shape index (κ2) is 12.4. The lowest BCUT2D eigenvalue weighted by molar-refractivity contribution is -0.350. The van der Waals surface area contributed by atoms with Gasteiger partial charge in [0.25, 0.3) is 11.8 Å². The number of aryl methyl sites for hydroxylation is 1. The first-order valence-corrected chi connectivity index (χ1v) is 14.4. The summed E-state index contributed by atoms with van der Waals surface area (Å²) in [6.07, 6.45) is -11.4. The van der Waals surface area contributed by atoms with Crippen molar-refractivity contribution in [3.63, 3.8) is 0 Å². The van der Waals surface area contributed by atoms with E-state index in [1.54, 1.807) is 39.8 Å². The number of carbonyl (C=O) groups is 2. The molecule has 0 aliphatic rings. The van der Waals surface area contributed by atoms with Gasteiger partial charge in [0.1, 0.15) is 17.9 Å². The maximum absolute atomic E-state index is 14.5. The average molecular weight is 787 g/mol. The van der Waals surface area contributed by atoms with Crippen molar-refractivity contribution in [3.8, 4) is 5.82 Å². The summed E-state index contributed by atoms with van der Waals surface area (Å²) >= 11 is 8.30. The summed E-state index contributed by atoms with van der Waals surface area (Å²) in [4.78, 5) is 31.3. The molecule has 10 nitrogen and oxygen atoms in total. The third-order valence-electron chi connectivity index (χ3n) is 6.18. The van der Waals surface area contributed by atoms with Gasteiger partial charge in [-0.2, -0.15) is 46.4 Å². The number of hydrogen-bond acceptors (Lipinski definition) is 6. The molecule has 1 aromatic carbocycles. The lowest BCUT2D eigenvalue weighted by Crippen LogP contribution is -2.50. The van der Waals surface area contributed by atoms with E-state index in [2.05, 4.69) is 30.9 Å². The van der Waals surface area contributed by atoms with Crippen molar-refractivity contribution in [1.82, 2.24) is 35.1 Å². The number of aromatic nitrogens is 6. The number of anilines is 1. The molecule has 0 saturated heterocycles. The van der Waals surface area contributed by atoms with E-state index >= 15 is 0 Å². The molecule has 0 fully saturated rings. The molecule has 0 atom stereocenters. The van der Waals surface area contributed by atoms with Gasteiger partial charge in [-0.1, -0.05) is 11.6 Å². The van der Waals surface area contributed by atoms with E-state index in [0.29, 0.717) is 13.9 Å². The Hall–Kier alpha value is -3.81. The van der Waals surface area contributed by atoms with Crippen LogP contribution in [0.3, 0.4) is 0 Å². The molecule has 0 spiro atoms. The van der Waals surface area contributed by atoms with Gasteiger partial charge in [-0.05, 0) is 86.2 Å². The van der Waals surface area contributed by atoms with E-state index < -0.39 is 47.6 Å². The molecule has 0 unspecified atom stereocenters. The number of alkyl halides is 7. The molecule has 246 valence electrons. The van der Waals surface area contributed by atoms with Gasteiger partial charge in [-0.15, -0.1) is 0 Å². The largest absolute Gasteiger partial charge is 0.437 e. The van der Waals surface area contributed by atoms with Crippen LogP contribution in [0.25, 0.3) is 5.82 Å². The van der Waals surface area contributed by atoms with Crippen molar-refractivity contribution in [2.45, 2.75) is 57.8 Å². The average Bonchev–Trinajstić information content (AvgIpc) is 3.55. The Morgan fingerprint density at radius 3 is 2.22 bits per heavy atom. The van der Waals surface area contributed by atoms with E-state index in [9.17, 15) is 40.3 Å². The first kappa shape index (κ1) is 35.1. The van der Waals surface area contributed by atoms with Crippen LogP contribution in [0.1, 0.15) is 58.6 Å². The van der Waals surface area contributed by atoms with Crippen LogP contribution in [0.5, 0.6) is 0 Å². The predicted molar refractivity (Wildman–Crippen MR) is 159 cm³/mol. The van der Waals surface area contributed by atoms with Crippen molar-refractivity contribution in [2.24, 2.45) is 0 Å². The Balaban J connectivity index is 1.76. The molecule has 0 aliphatic heterocycles. The van der Waals surface area contributed by atoms with Crippen LogP contribution >= 0.6 is 34.2 Å². The molecule has 3 aromatic heterocycles. The monoisotopic (exact) mass is 786 g/mol. The fraction of sp³-hybridized carbons (Fsp3) is 0.333. The number of amides is 2. The minimum Gasteiger partial charge on any atom is -0.347 e. The van der Waals surface area contributed by atoms with Crippen molar-refractivity contribution >= 4 is 51.7 Å². The van der Waals surface area contributed by atoms with Gasteiger partial charge in [-0.25, -0.2) is 14.1 Å². The molecule has 19 heteroatoms. The molecule has 0 saturated carbocycles. The number of hydrogen-bond donors (Lipinski definition) is 2. The fourth-order valence-corrected chi connectivity index (χ4v) is 5.14. The highest BCUT2D eigenvalue weighted by atomic mass is 127. The quantitative estimate of drug-likeness (QED) is 0.162. The van der Waals surface area contributed by atoms with Crippen LogP contribution in [0, 0.1) is 10.5 Å². The smallest absolute Gasteiger partial charge is 0.347 e. The lowest BCUT2D eigenvalue weighted by Gasteiger charge is -2.27. The zero-order chi connectivity index (χ0) is 34.4. The van der Waals surface area contributed by atoms with Crippen molar-refractivity contribution < 1.29 is 40.3 Å². The molecule has 0 bridgehead atoms. The van der Waals surface area contributed by atoms with Crippen LogP contribution in [0.4, 0.5) is 36.4 Å². The van der Waals surface area contributed by atoms with Gasteiger partial charge in [0.15, 0.2) is 5.82 Å². The van der Waals surface area contributed by atoms with Crippen molar-refractivity contribution in [2.75, 3.05) is 5.32 Å². The Kier molecular flexibility index (Phi) is 9.46. The fourth-order valence-electron chi connectivity index (χ4n) is 4.16. The highest BCUT2D eigenvalue weighted by Gasteiger charge is 2.75. The zero-order valence-electron chi connectivity index (χ0n) is 24.2. The molecule has 4 aromatic rings. The number of halogens is 9. The topological polar surface area (TPSA) is 120 Å². The number of pyridine rings is 1. The van der Waals surface area contributed by atoms with E-state index in [4.69, 9.17) is 11.6 Å². The maximum Gasteiger partial charge on any atom is 0.437 e.